The van der Waals surface area contributed by atoms with Crippen LogP contribution in [0.4, 0.5) is 0 Å². The van der Waals surface area contributed by atoms with Crippen molar-refractivity contribution in [2.45, 2.75) is 45.6 Å². The van der Waals surface area contributed by atoms with Crippen LogP contribution in [0.3, 0.4) is 0 Å². The van der Waals surface area contributed by atoms with Gasteiger partial charge in [0.05, 0.1) is 0 Å². The molecule has 1 aromatic rings. The highest BCUT2D eigenvalue weighted by Crippen LogP contribution is 1.99. The van der Waals surface area contributed by atoms with Crippen LogP contribution in [0.1, 0.15) is 38.2 Å². The van der Waals surface area contributed by atoms with Gasteiger partial charge in [0.1, 0.15) is 6.54 Å². The van der Waals surface area contributed by atoms with Gasteiger partial charge in [0.15, 0.2) is 12.4 Å². The molecule has 92 valence electrons. The number of hydrogen-bond donors (Lipinski definition) is 1. The molecule has 0 unspecified atom stereocenters. The Morgan fingerprint density at radius 3 is 2.25 bits per heavy atom. The fourth-order valence-electron chi connectivity index (χ4n) is 1.63. The molecule has 0 radical (unpaired) electrons. The van der Waals surface area contributed by atoms with E-state index in [2.05, 4.69) is 36.0 Å². The van der Waals surface area contributed by atoms with Gasteiger partial charge in [-0.3, -0.25) is 0 Å². The van der Waals surface area contributed by atoms with Crippen LogP contribution in [0.15, 0.2) is 24.5 Å². The number of hydrogen-bond acceptors (Lipinski definition) is 1. The van der Waals surface area contributed by atoms with Gasteiger partial charge in [-0.1, -0.05) is 13.3 Å². The lowest BCUT2D eigenvalue weighted by Gasteiger charge is -1.98. The maximum Gasteiger partial charge on any atom is 0.169 e. The summed E-state index contributed by atoms with van der Waals surface area (Å²) in [5.74, 6) is 0. The van der Waals surface area contributed by atoms with Crippen molar-refractivity contribution in [3.63, 3.8) is 0 Å². The zero-order chi connectivity index (χ0) is 10.9. The molecule has 0 atom stereocenters. The first-order valence-corrected chi connectivity index (χ1v) is 5.95. The number of nitrogens with zero attached hydrogens (tertiary/aromatic N) is 1. The minimum Gasteiger partial charge on any atom is -1.00 e. The van der Waals surface area contributed by atoms with Crippen molar-refractivity contribution < 1.29 is 26.7 Å². The molecular weight excluding hydrogens is 266 g/mol. The Kier molecular flexibility index (Phi) is 9.54. The molecule has 0 aliphatic rings. The second kappa shape index (κ2) is 9.79. The summed E-state index contributed by atoms with van der Waals surface area (Å²) < 4.78 is 2.23. The predicted molar refractivity (Wildman–Crippen MR) is 61.6 cm³/mol. The zero-order valence-corrected chi connectivity index (χ0v) is 11.6. The van der Waals surface area contributed by atoms with Crippen molar-refractivity contribution in [2.24, 2.45) is 0 Å². The highest BCUT2D eigenvalue weighted by atomic mass is 79.9. The highest BCUT2D eigenvalue weighted by molar-refractivity contribution is 5.06. The van der Waals surface area contributed by atoms with E-state index in [1.165, 1.54) is 18.4 Å². The van der Waals surface area contributed by atoms with Crippen LogP contribution in [0.25, 0.3) is 0 Å². The van der Waals surface area contributed by atoms with Crippen molar-refractivity contribution in [1.82, 2.24) is 0 Å². The van der Waals surface area contributed by atoms with E-state index in [-0.39, 0.29) is 17.0 Å². The number of rotatable bonds is 7. The lowest BCUT2D eigenvalue weighted by atomic mass is 10.2. The van der Waals surface area contributed by atoms with Gasteiger partial charge in [0, 0.05) is 25.2 Å². The summed E-state index contributed by atoms with van der Waals surface area (Å²) >= 11 is 0. The van der Waals surface area contributed by atoms with Crippen molar-refractivity contribution >= 4 is 0 Å². The zero-order valence-electron chi connectivity index (χ0n) is 10.0. The van der Waals surface area contributed by atoms with E-state index in [0.717, 1.165) is 25.8 Å². The van der Waals surface area contributed by atoms with Crippen LogP contribution in [-0.4, -0.2) is 11.7 Å². The lowest BCUT2D eigenvalue weighted by Crippen LogP contribution is -3.00. The monoisotopic (exact) mass is 287 g/mol. The minimum absolute atomic E-state index is 0. The van der Waals surface area contributed by atoms with E-state index in [1.807, 2.05) is 0 Å². The molecule has 0 bridgehead atoms. The quantitative estimate of drug-likeness (QED) is 0.510. The van der Waals surface area contributed by atoms with E-state index in [4.69, 9.17) is 5.11 Å². The number of pyridine rings is 1. The normalized spacial score (nSPS) is 9.88. The van der Waals surface area contributed by atoms with Crippen molar-refractivity contribution in [3.8, 4) is 0 Å². The molecule has 0 amide bonds. The summed E-state index contributed by atoms with van der Waals surface area (Å²) in [5.41, 5.74) is 1.39. The lowest BCUT2D eigenvalue weighted by molar-refractivity contribution is -0.697. The Hall–Kier alpha value is -0.410. The molecule has 1 heterocycles. The molecule has 0 aromatic carbocycles. The van der Waals surface area contributed by atoms with Crippen LogP contribution in [0.5, 0.6) is 0 Å². The second-order valence-electron chi connectivity index (χ2n) is 3.94. The summed E-state index contributed by atoms with van der Waals surface area (Å²) in [6.07, 6.45) is 9.93. The van der Waals surface area contributed by atoms with Crippen LogP contribution in [-0.2, 0) is 13.0 Å². The number of aromatic nitrogens is 1. The van der Waals surface area contributed by atoms with Gasteiger partial charge in [-0.25, -0.2) is 4.57 Å². The first-order chi connectivity index (χ1) is 7.36. The maximum atomic E-state index is 8.64. The molecule has 1 rings (SSSR count). The number of aliphatic hydroxyl groups excluding tert-OH is 1. The highest BCUT2D eigenvalue weighted by Gasteiger charge is 1.99. The Balaban J connectivity index is 0.00000225. The number of unbranched alkanes of at least 4 members (excludes halogenated alkanes) is 3. The van der Waals surface area contributed by atoms with Crippen LogP contribution in [0, 0.1) is 0 Å². The molecule has 0 saturated heterocycles. The van der Waals surface area contributed by atoms with Crippen LogP contribution in [0.2, 0.25) is 0 Å². The molecule has 0 aliphatic carbocycles. The molecule has 0 spiro atoms. The van der Waals surface area contributed by atoms with Crippen LogP contribution < -0.4 is 21.5 Å². The van der Waals surface area contributed by atoms with Gasteiger partial charge in [-0.05, 0) is 24.8 Å². The fourth-order valence-corrected chi connectivity index (χ4v) is 1.63. The third-order valence-electron chi connectivity index (χ3n) is 2.69. The summed E-state index contributed by atoms with van der Waals surface area (Å²) in [6.45, 7) is 3.60. The third-order valence-corrected chi connectivity index (χ3v) is 2.69. The summed E-state index contributed by atoms with van der Waals surface area (Å²) in [7, 11) is 0. The topological polar surface area (TPSA) is 24.1 Å². The Bertz CT molecular complexity index is 261. The Labute approximate surface area is 109 Å². The summed E-state index contributed by atoms with van der Waals surface area (Å²) in [5, 5.41) is 8.64. The number of halogens is 1. The van der Waals surface area contributed by atoms with Gasteiger partial charge in [-0.2, -0.15) is 0 Å². The Morgan fingerprint density at radius 2 is 1.69 bits per heavy atom. The second-order valence-corrected chi connectivity index (χ2v) is 3.94. The van der Waals surface area contributed by atoms with E-state index in [9.17, 15) is 0 Å². The number of aliphatic hydroxyl groups is 1. The summed E-state index contributed by atoms with van der Waals surface area (Å²) in [4.78, 5) is 0. The largest absolute Gasteiger partial charge is 1.00 e. The van der Waals surface area contributed by atoms with E-state index in [1.54, 1.807) is 0 Å². The van der Waals surface area contributed by atoms with Crippen LogP contribution >= 0.6 is 0 Å². The molecule has 2 nitrogen and oxygen atoms in total. The Morgan fingerprint density at radius 1 is 1.06 bits per heavy atom. The third kappa shape index (κ3) is 6.23. The predicted octanol–water partition coefficient (Wildman–Crippen LogP) is -0.907. The van der Waals surface area contributed by atoms with E-state index in [0.29, 0.717) is 6.61 Å². The number of aryl methyl sites for hydroxylation is 2. The van der Waals surface area contributed by atoms with Gasteiger partial charge in [0.2, 0.25) is 0 Å². The average molecular weight is 288 g/mol. The van der Waals surface area contributed by atoms with Crippen molar-refractivity contribution in [2.75, 3.05) is 6.61 Å². The molecule has 0 saturated carbocycles. The first-order valence-electron chi connectivity index (χ1n) is 5.95. The minimum atomic E-state index is 0. The van der Waals surface area contributed by atoms with Crippen molar-refractivity contribution in [3.05, 3.63) is 30.1 Å². The van der Waals surface area contributed by atoms with Gasteiger partial charge >= 0.3 is 0 Å². The van der Waals surface area contributed by atoms with Gasteiger partial charge in [0.25, 0.3) is 0 Å². The van der Waals surface area contributed by atoms with E-state index >= 15 is 0 Å². The SMILES string of the molecule is CCc1cc[n+](CCCCCCO)cc1.[Br-]. The van der Waals surface area contributed by atoms with E-state index < -0.39 is 0 Å². The standard InChI is InChI=1S/C13H22NO.BrH/c1-2-13-7-10-14(11-8-13)9-5-3-4-6-12-15;/h7-8,10-11,15H,2-6,9,12H2,1H3;1H/q+1;/p-1. The summed E-state index contributed by atoms with van der Waals surface area (Å²) in [6, 6.07) is 4.38. The van der Waals surface area contributed by atoms with Crippen molar-refractivity contribution in [1.29, 1.82) is 0 Å². The molecule has 3 heteroatoms. The molecule has 0 aliphatic heterocycles. The smallest absolute Gasteiger partial charge is 0.169 e. The molecule has 1 aromatic heterocycles. The molecule has 16 heavy (non-hydrogen) atoms. The van der Waals surface area contributed by atoms with Gasteiger partial charge < -0.3 is 22.1 Å². The molecule has 0 fully saturated rings. The molecule has 1 N–H and O–H groups in total. The average Bonchev–Trinajstić information content (AvgIpc) is 2.30. The van der Waals surface area contributed by atoms with Gasteiger partial charge in [-0.15, -0.1) is 0 Å². The maximum absolute atomic E-state index is 8.64. The molecular formula is C13H22BrNO. The first kappa shape index (κ1) is 15.6. The fraction of sp³-hybridized carbons (Fsp3) is 0.615.